The normalized spacial score (nSPS) is 16.0. The van der Waals surface area contributed by atoms with E-state index < -0.39 is 0 Å². The first-order valence-electron chi connectivity index (χ1n) is 4.73. The molecule has 1 aliphatic rings. The monoisotopic (exact) mass is 283 g/mol. The average molecular weight is 284 g/mol. The van der Waals surface area contributed by atoms with Crippen molar-refractivity contribution < 1.29 is 9.59 Å². The molecule has 0 spiro atoms. The molecular formula is C10H10BrN3O2. The SMILES string of the molecule is Cc1nc(N2CC(=O)CC2=O)c(N)cc1Br. The average Bonchev–Trinajstić information content (AvgIpc) is 2.51. The van der Waals surface area contributed by atoms with E-state index >= 15 is 0 Å². The quantitative estimate of drug-likeness (QED) is 0.782. The topological polar surface area (TPSA) is 76.3 Å². The van der Waals surface area contributed by atoms with Crippen LogP contribution in [0.15, 0.2) is 10.5 Å². The molecule has 0 unspecified atom stereocenters. The second-order valence-corrected chi connectivity index (χ2v) is 4.52. The lowest BCUT2D eigenvalue weighted by atomic mass is 10.3. The van der Waals surface area contributed by atoms with Gasteiger partial charge in [-0.05, 0) is 28.9 Å². The summed E-state index contributed by atoms with van der Waals surface area (Å²) in [6.45, 7) is 1.87. The molecule has 5 nitrogen and oxygen atoms in total. The summed E-state index contributed by atoms with van der Waals surface area (Å²) in [5.41, 5.74) is 6.90. The Morgan fingerprint density at radius 2 is 2.19 bits per heavy atom. The molecule has 2 rings (SSSR count). The van der Waals surface area contributed by atoms with Gasteiger partial charge in [0.15, 0.2) is 11.6 Å². The number of ketones is 1. The number of nitrogens with zero attached hydrogens (tertiary/aromatic N) is 2. The van der Waals surface area contributed by atoms with Crippen LogP contribution in [0.3, 0.4) is 0 Å². The number of rotatable bonds is 1. The number of hydrogen-bond acceptors (Lipinski definition) is 4. The highest BCUT2D eigenvalue weighted by Gasteiger charge is 2.30. The number of nitrogen functional groups attached to an aromatic ring is 1. The maximum Gasteiger partial charge on any atom is 0.236 e. The summed E-state index contributed by atoms with van der Waals surface area (Å²) in [5, 5.41) is 0. The predicted octanol–water partition coefficient (Wildman–Crippen LogP) is 1.04. The molecule has 1 fully saturated rings. The summed E-state index contributed by atoms with van der Waals surface area (Å²) in [4.78, 5) is 28.2. The minimum absolute atomic E-state index is 0.0593. The Bertz CT molecular complexity index is 487. The number of nitrogens with two attached hydrogens (primary N) is 1. The number of amides is 1. The number of halogens is 1. The molecular weight excluding hydrogens is 274 g/mol. The van der Waals surface area contributed by atoms with Crippen molar-refractivity contribution in [2.75, 3.05) is 17.2 Å². The van der Waals surface area contributed by atoms with Crippen LogP contribution in [0.5, 0.6) is 0 Å². The van der Waals surface area contributed by atoms with E-state index in [4.69, 9.17) is 5.73 Å². The maximum atomic E-state index is 11.5. The first kappa shape index (κ1) is 11.1. The number of hydrogen-bond donors (Lipinski definition) is 1. The van der Waals surface area contributed by atoms with Gasteiger partial charge in [-0.3, -0.25) is 14.5 Å². The predicted molar refractivity (Wildman–Crippen MR) is 63.1 cm³/mol. The standard InChI is InChI=1S/C10H10BrN3O2/c1-5-7(11)3-8(12)10(13-5)14-4-6(15)2-9(14)16/h3H,2,4,12H2,1H3. The van der Waals surface area contributed by atoms with Crippen LogP contribution in [0.25, 0.3) is 0 Å². The van der Waals surface area contributed by atoms with Crippen LogP contribution in [-0.2, 0) is 9.59 Å². The molecule has 84 valence electrons. The van der Waals surface area contributed by atoms with Gasteiger partial charge in [0.2, 0.25) is 5.91 Å². The van der Waals surface area contributed by atoms with Crippen molar-refractivity contribution in [3.63, 3.8) is 0 Å². The van der Waals surface area contributed by atoms with Crippen LogP contribution in [0.4, 0.5) is 11.5 Å². The second kappa shape index (κ2) is 3.86. The van der Waals surface area contributed by atoms with Gasteiger partial charge in [0.1, 0.15) is 0 Å². The van der Waals surface area contributed by atoms with Crippen LogP contribution in [0.1, 0.15) is 12.1 Å². The van der Waals surface area contributed by atoms with E-state index in [0.29, 0.717) is 11.5 Å². The largest absolute Gasteiger partial charge is 0.396 e. The summed E-state index contributed by atoms with van der Waals surface area (Å²) >= 11 is 3.30. The fourth-order valence-electron chi connectivity index (χ4n) is 1.58. The highest BCUT2D eigenvalue weighted by Crippen LogP contribution is 2.28. The van der Waals surface area contributed by atoms with Crippen LogP contribution in [0.2, 0.25) is 0 Å². The van der Waals surface area contributed by atoms with Crippen molar-refractivity contribution in [1.29, 1.82) is 0 Å². The van der Waals surface area contributed by atoms with E-state index in [1.807, 2.05) is 0 Å². The molecule has 0 aromatic carbocycles. The van der Waals surface area contributed by atoms with Crippen molar-refractivity contribution in [3.8, 4) is 0 Å². The van der Waals surface area contributed by atoms with Crippen molar-refractivity contribution in [1.82, 2.24) is 4.98 Å². The fraction of sp³-hybridized carbons (Fsp3) is 0.300. The van der Waals surface area contributed by atoms with Crippen LogP contribution in [-0.4, -0.2) is 23.2 Å². The molecule has 0 radical (unpaired) electrons. The van der Waals surface area contributed by atoms with E-state index in [1.165, 1.54) is 4.90 Å². The lowest BCUT2D eigenvalue weighted by Gasteiger charge is -2.16. The Hall–Kier alpha value is -1.43. The van der Waals surface area contributed by atoms with Gasteiger partial charge in [-0.2, -0.15) is 0 Å². The van der Waals surface area contributed by atoms with Gasteiger partial charge in [-0.15, -0.1) is 0 Å². The molecule has 0 atom stereocenters. The van der Waals surface area contributed by atoms with E-state index in [-0.39, 0.29) is 24.7 Å². The summed E-state index contributed by atoms with van der Waals surface area (Å²) in [6, 6.07) is 1.69. The van der Waals surface area contributed by atoms with Crippen LogP contribution < -0.4 is 10.6 Å². The first-order chi connectivity index (χ1) is 7.49. The highest BCUT2D eigenvalue weighted by atomic mass is 79.9. The number of carbonyl (C=O) groups is 2. The van der Waals surface area contributed by atoms with Crippen molar-refractivity contribution in [3.05, 3.63) is 16.2 Å². The zero-order chi connectivity index (χ0) is 11.9. The number of anilines is 2. The molecule has 1 amide bonds. The van der Waals surface area contributed by atoms with E-state index in [9.17, 15) is 9.59 Å². The van der Waals surface area contributed by atoms with E-state index in [2.05, 4.69) is 20.9 Å². The van der Waals surface area contributed by atoms with Gasteiger partial charge in [0.25, 0.3) is 0 Å². The molecule has 6 heteroatoms. The van der Waals surface area contributed by atoms with Crippen molar-refractivity contribution >= 4 is 39.1 Å². The summed E-state index contributed by atoms with van der Waals surface area (Å²) < 4.78 is 0.784. The third kappa shape index (κ3) is 1.80. The van der Waals surface area contributed by atoms with Gasteiger partial charge in [-0.25, -0.2) is 4.98 Å². The molecule has 1 saturated heterocycles. The molecule has 1 aromatic rings. The Labute approximate surface area is 101 Å². The maximum absolute atomic E-state index is 11.5. The van der Waals surface area contributed by atoms with E-state index in [0.717, 1.165) is 10.2 Å². The Kier molecular flexibility index (Phi) is 2.67. The van der Waals surface area contributed by atoms with Gasteiger partial charge in [0, 0.05) is 4.47 Å². The van der Waals surface area contributed by atoms with Gasteiger partial charge in [-0.1, -0.05) is 0 Å². The van der Waals surface area contributed by atoms with Gasteiger partial charge in [0.05, 0.1) is 24.3 Å². The molecule has 16 heavy (non-hydrogen) atoms. The Morgan fingerprint density at radius 1 is 1.50 bits per heavy atom. The second-order valence-electron chi connectivity index (χ2n) is 3.66. The number of pyridine rings is 1. The minimum atomic E-state index is -0.245. The molecule has 0 aliphatic carbocycles. The van der Waals surface area contributed by atoms with Crippen molar-refractivity contribution in [2.45, 2.75) is 13.3 Å². The molecule has 1 aliphatic heterocycles. The van der Waals surface area contributed by atoms with Gasteiger partial charge < -0.3 is 5.73 Å². The van der Waals surface area contributed by atoms with Crippen molar-refractivity contribution in [2.24, 2.45) is 0 Å². The molecule has 1 aromatic heterocycles. The Morgan fingerprint density at radius 3 is 2.75 bits per heavy atom. The third-order valence-electron chi connectivity index (χ3n) is 2.40. The summed E-state index contributed by atoms with van der Waals surface area (Å²) in [6.07, 6.45) is -0.0593. The minimum Gasteiger partial charge on any atom is -0.396 e. The third-order valence-corrected chi connectivity index (χ3v) is 3.20. The van der Waals surface area contributed by atoms with E-state index in [1.54, 1.807) is 13.0 Å². The first-order valence-corrected chi connectivity index (χ1v) is 5.53. The lowest BCUT2D eigenvalue weighted by molar-refractivity contribution is -0.121. The zero-order valence-electron chi connectivity index (χ0n) is 8.66. The molecule has 0 saturated carbocycles. The zero-order valence-corrected chi connectivity index (χ0v) is 10.2. The highest BCUT2D eigenvalue weighted by molar-refractivity contribution is 9.10. The van der Waals surface area contributed by atoms with Gasteiger partial charge >= 0.3 is 0 Å². The number of aromatic nitrogens is 1. The van der Waals surface area contributed by atoms with Crippen LogP contribution >= 0.6 is 15.9 Å². The Balaban J connectivity index is 2.45. The number of Topliss-reactive ketones (excluding diaryl/α,β-unsaturated/α-hetero) is 1. The fourth-order valence-corrected chi connectivity index (χ4v) is 1.91. The lowest BCUT2D eigenvalue weighted by Crippen LogP contribution is -2.26. The number of aryl methyl sites for hydroxylation is 1. The number of carbonyl (C=O) groups excluding carboxylic acids is 2. The molecule has 2 N–H and O–H groups in total. The van der Waals surface area contributed by atoms with Crippen LogP contribution in [0, 0.1) is 6.92 Å². The molecule has 2 heterocycles. The molecule has 0 bridgehead atoms. The summed E-state index contributed by atoms with van der Waals surface area (Å²) in [7, 11) is 0. The summed E-state index contributed by atoms with van der Waals surface area (Å²) in [5.74, 6) is 0.0224. The smallest absolute Gasteiger partial charge is 0.236 e.